The van der Waals surface area contributed by atoms with Gasteiger partial charge in [0.05, 0.1) is 18.6 Å². The second-order valence-electron chi connectivity index (χ2n) is 6.86. The Kier molecular flexibility index (Phi) is 9.96. The number of phosphoric ester groups is 1. The molecule has 0 bridgehead atoms. The molecule has 7 atom stereocenters. The SMILES string of the molecule is CC1=CN([C@H]2C[C@@H](OCS(C)=S)[C@@H](COP(=O)(O)OP(=O)(O)OP(=O)(O)O)O2)C(=O)NC1N. The number of hydrogen-bond donors (Lipinski definition) is 6. The van der Waals surface area contributed by atoms with Gasteiger partial charge in [0.25, 0.3) is 0 Å². The van der Waals surface area contributed by atoms with Gasteiger partial charge in [0.2, 0.25) is 0 Å². The van der Waals surface area contributed by atoms with Crippen molar-refractivity contribution in [3.63, 3.8) is 0 Å². The van der Waals surface area contributed by atoms with Crippen LogP contribution in [0.3, 0.4) is 0 Å². The minimum absolute atomic E-state index is 0.114. The van der Waals surface area contributed by atoms with Crippen molar-refractivity contribution < 1.29 is 60.7 Å². The molecule has 192 valence electrons. The molecular formula is C12H24N3O13P3S2. The van der Waals surface area contributed by atoms with E-state index in [9.17, 15) is 28.3 Å². The molecule has 0 saturated carbocycles. The zero-order chi connectivity index (χ0) is 25.2. The Balaban J connectivity index is 2.09. The number of phosphoric acid groups is 3. The number of urea groups is 1. The fourth-order valence-corrected chi connectivity index (χ4v) is 6.31. The van der Waals surface area contributed by atoms with E-state index in [0.717, 1.165) is 0 Å². The Bertz CT molecular complexity index is 945. The number of hydrogen-bond acceptors (Lipinski definition) is 11. The Hall–Kier alpha value is -0.130. The molecule has 21 heteroatoms. The molecule has 2 aliphatic rings. The third-order valence-corrected chi connectivity index (χ3v) is 8.66. The van der Waals surface area contributed by atoms with Crippen LogP contribution in [-0.4, -0.2) is 73.9 Å². The van der Waals surface area contributed by atoms with E-state index in [0.29, 0.717) is 5.57 Å². The molecule has 1 fully saturated rings. The van der Waals surface area contributed by atoms with Crippen molar-refractivity contribution in [3.05, 3.63) is 11.8 Å². The highest BCUT2D eigenvalue weighted by Gasteiger charge is 2.45. The zero-order valence-corrected chi connectivity index (χ0v) is 21.5. The second-order valence-corrected chi connectivity index (χ2v) is 14.4. The number of nitrogens with two attached hydrogens (primary N) is 1. The van der Waals surface area contributed by atoms with Gasteiger partial charge in [0.1, 0.15) is 18.5 Å². The Labute approximate surface area is 195 Å². The van der Waals surface area contributed by atoms with Crippen LogP contribution in [0.2, 0.25) is 0 Å². The van der Waals surface area contributed by atoms with Crippen molar-refractivity contribution in [2.75, 3.05) is 18.8 Å². The molecule has 2 heterocycles. The fourth-order valence-electron chi connectivity index (χ4n) is 2.74. The lowest BCUT2D eigenvalue weighted by atomic mass is 10.1. The standard InChI is InChI=1S/C12H24N3O13P3S2/c1-7-4-15(12(16)14-11(7)13)10-3-8(24-6-33(2)32)9(26-10)5-25-30(20,21)28-31(22,23)27-29(17,18)19/h4,8-11H,3,5-6,13H2,1-2H3,(H,14,16)(H,20,21)(H,22,23)(H2,17,18,19)/t8-,9-,10-,11?,33?/m1/s1. The molecule has 1 saturated heterocycles. The van der Waals surface area contributed by atoms with Crippen LogP contribution >= 0.6 is 23.5 Å². The highest BCUT2D eigenvalue weighted by Crippen LogP contribution is 2.66. The molecule has 0 aliphatic carbocycles. The largest absolute Gasteiger partial charge is 0.490 e. The number of carbonyl (C=O) groups is 1. The Morgan fingerprint density at radius 3 is 2.48 bits per heavy atom. The number of carbonyl (C=O) groups excluding carboxylic acids is 1. The van der Waals surface area contributed by atoms with Crippen LogP contribution in [0.4, 0.5) is 4.79 Å². The lowest BCUT2D eigenvalue weighted by molar-refractivity contribution is -0.0611. The summed E-state index contributed by atoms with van der Waals surface area (Å²) >= 11 is 5.07. The summed E-state index contributed by atoms with van der Waals surface area (Å²) in [7, 11) is -17.1. The summed E-state index contributed by atoms with van der Waals surface area (Å²) in [5.74, 6) is 0.133. The predicted molar refractivity (Wildman–Crippen MR) is 116 cm³/mol. The molecule has 0 aromatic heterocycles. The maximum absolute atomic E-state index is 12.3. The lowest BCUT2D eigenvalue weighted by Crippen LogP contribution is -2.54. The molecule has 0 aromatic carbocycles. The van der Waals surface area contributed by atoms with Gasteiger partial charge in [-0.05, 0) is 29.9 Å². The monoisotopic (exact) mass is 575 g/mol. The first-order valence-corrected chi connectivity index (χ1v) is 16.1. The van der Waals surface area contributed by atoms with E-state index >= 15 is 0 Å². The van der Waals surface area contributed by atoms with Gasteiger partial charge in [-0.2, -0.15) is 8.62 Å². The predicted octanol–water partition coefficient (Wildman–Crippen LogP) is -0.289. The summed E-state index contributed by atoms with van der Waals surface area (Å²) < 4.78 is 57.5. The summed E-state index contributed by atoms with van der Waals surface area (Å²) in [5, 5.41) is 2.52. The Morgan fingerprint density at radius 2 is 1.91 bits per heavy atom. The fraction of sp³-hybridized carbons (Fsp3) is 0.750. The summed E-state index contributed by atoms with van der Waals surface area (Å²) in [5.41, 5.74) is 6.38. The van der Waals surface area contributed by atoms with Gasteiger partial charge in [-0.15, -0.1) is 0 Å². The molecule has 7 N–H and O–H groups in total. The number of amides is 2. The van der Waals surface area contributed by atoms with Crippen molar-refractivity contribution in [2.24, 2.45) is 5.73 Å². The van der Waals surface area contributed by atoms with Crippen LogP contribution < -0.4 is 11.1 Å². The third-order valence-electron chi connectivity index (χ3n) is 4.10. The van der Waals surface area contributed by atoms with Crippen molar-refractivity contribution in [1.29, 1.82) is 0 Å². The first-order chi connectivity index (χ1) is 15.0. The maximum atomic E-state index is 12.3. The minimum Gasteiger partial charge on any atom is -0.364 e. The van der Waals surface area contributed by atoms with Crippen LogP contribution in [0.1, 0.15) is 13.3 Å². The van der Waals surface area contributed by atoms with E-state index in [-0.39, 0.29) is 12.4 Å². The van der Waals surface area contributed by atoms with E-state index < -0.39 is 70.2 Å². The molecule has 0 aromatic rings. The highest BCUT2D eigenvalue weighted by molar-refractivity contribution is 8.28. The first-order valence-electron chi connectivity index (χ1n) is 8.86. The molecular weight excluding hydrogens is 551 g/mol. The summed E-state index contributed by atoms with van der Waals surface area (Å²) in [6, 6.07) is -0.552. The van der Waals surface area contributed by atoms with Gasteiger partial charge in [0, 0.05) is 12.6 Å². The number of ether oxygens (including phenoxy) is 2. The van der Waals surface area contributed by atoms with Crippen molar-refractivity contribution in [2.45, 2.75) is 37.9 Å². The number of nitrogens with one attached hydrogen (secondary N) is 1. The maximum Gasteiger partial charge on any atom is 0.490 e. The molecule has 33 heavy (non-hydrogen) atoms. The smallest absolute Gasteiger partial charge is 0.364 e. The van der Waals surface area contributed by atoms with Crippen molar-refractivity contribution >= 4 is 50.1 Å². The minimum atomic E-state index is -5.66. The summed E-state index contributed by atoms with van der Waals surface area (Å²) in [6.07, 6.45) is -0.0550. The van der Waals surface area contributed by atoms with Crippen LogP contribution in [0.5, 0.6) is 0 Å². The van der Waals surface area contributed by atoms with E-state index in [1.54, 1.807) is 13.2 Å². The summed E-state index contributed by atoms with van der Waals surface area (Å²) in [4.78, 5) is 49.6. The molecule has 2 amide bonds. The molecule has 0 spiro atoms. The molecule has 4 unspecified atom stereocenters. The quantitative estimate of drug-likeness (QED) is 0.174. The van der Waals surface area contributed by atoms with E-state index in [1.807, 2.05) is 0 Å². The zero-order valence-electron chi connectivity index (χ0n) is 17.2. The summed E-state index contributed by atoms with van der Waals surface area (Å²) in [6.45, 7) is 0.963. The Morgan fingerprint density at radius 1 is 1.27 bits per heavy atom. The highest BCUT2D eigenvalue weighted by atomic mass is 32.8. The van der Waals surface area contributed by atoms with Gasteiger partial charge in [-0.1, -0.05) is 9.45 Å². The average Bonchev–Trinajstić information content (AvgIpc) is 3.01. The van der Waals surface area contributed by atoms with Gasteiger partial charge in [-0.25, -0.2) is 18.5 Å². The van der Waals surface area contributed by atoms with Crippen molar-refractivity contribution in [1.82, 2.24) is 10.2 Å². The van der Waals surface area contributed by atoms with E-state index in [2.05, 4.69) is 18.5 Å². The van der Waals surface area contributed by atoms with Gasteiger partial charge in [-0.3, -0.25) is 9.42 Å². The van der Waals surface area contributed by atoms with Crippen LogP contribution in [0, 0.1) is 0 Å². The average molecular weight is 575 g/mol. The van der Waals surface area contributed by atoms with Crippen LogP contribution in [-0.2, 0) is 57.0 Å². The first kappa shape index (κ1) is 29.1. The molecule has 0 radical (unpaired) electrons. The van der Waals surface area contributed by atoms with Gasteiger partial charge >= 0.3 is 29.5 Å². The van der Waals surface area contributed by atoms with Gasteiger partial charge in [0.15, 0.2) is 0 Å². The van der Waals surface area contributed by atoms with Crippen molar-refractivity contribution in [3.8, 4) is 0 Å². The normalized spacial score (nSPS) is 30.8. The van der Waals surface area contributed by atoms with Gasteiger partial charge < -0.3 is 40.1 Å². The number of rotatable bonds is 11. The molecule has 16 nitrogen and oxygen atoms in total. The lowest BCUT2D eigenvalue weighted by Gasteiger charge is -2.32. The van der Waals surface area contributed by atoms with Crippen LogP contribution in [0.15, 0.2) is 11.8 Å². The second kappa shape index (κ2) is 11.3. The van der Waals surface area contributed by atoms with E-state index in [1.165, 1.54) is 11.1 Å². The number of nitrogens with zero attached hydrogens (tertiary/aromatic N) is 1. The van der Waals surface area contributed by atoms with Crippen LogP contribution in [0.25, 0.3) is 0 Å². The molecule has 2 aliphatic heterocycles. The third kappa shape index (κ3) is 9.44. The van der Waals surface area contributed by atoms with E-state index in [4.69, 9.17) is 36.2 Å². The topological polar surface area (TPSA) is 237 Å². The molecule has 2 rings (SSSR count).